The van der Waals surface area contributed by atoms with Crippen LogP contribution in [0.4, 0.5) is 11.6 Å². The van der Waals surface area contributed by atoms with Gasteiger partial charge in [0.05, 0.1) is 11.2 Å². The lowest BCUT2D eigenvalue weighted by molar-refractivity contribution is -0.118. The maximum Gasteiger partial charge on any atom is 0.262 e. The van der Waals surface area contributed by atoms with E-state index < -0.39 is 0 Å². The quantitative estimate of drug-likeness (QED) is 0.604. The minimum absolute atomic E-state index is 0.0863. The van der Waals surface area contributed by atoms with Gasteiger partial charge in [0, 0.05) is 35.2 Å². The third-order valence-electron chi connectivity index (χ3n) is 5.82. The Labute approximate surface area is 193 Å². The van der Waals surface area contributed by atoms with E-state index in [-0.39, 0.29) is 12.5 Å². The number of rotatable bonds is 6. The van der Waals surface area contributed by atoms with E-state index in [2.05, 4.69) is 29.2 Å². The molecule has 8 heteroatoms. The molecule has 0 spiro atoms. The molecule has 1 aliphatic rings. The monoisotopic (exact) mass is 453 g/mol. The number of aromatic nitrogens is 2. The summed E-state index contributed by atoms with van der Waals surface area (Å²) in [4.78, 5) is 26.4. The zero-order valence-corrected chi connectivity index (χ0v) is 19.4. The van der Waals surface area contributed by atoms with Crippen molar-refractivity contribution < 1.29 is 9.53 Å². The van der Waals surface area contributed by atoms with E-state index in [1.54, 1.807) is 24.3 Å². The molecule has 1 aromatic heterocycles. The second-order valence-electron chi connectivity index (χ2n) is 8.31. The summed E-state index contributed by atoms with van der Waals surface area (Å²) in [5, 5.41) is 4.42. The molecular formula is C24H28ClN5O2. The predicted octanol–water partition coefficient (Wildman–Crippen LogP) is 4.14. The number of nitrogens with one attached hydrogen (secondary N) is 1. The van der Waals surface area contributed by atoms with Crippen LogP contribution < -0.4 is 15.0 Å². The molecule has 0 radical (unpaired) electrons. The predicted molar refractivity (Wildman–Crippen MR) is 129 cm³/mol. The van der Waals surface area contributed by atoms with Gasteiger partial charge in [-0.3, -0.25) is 4.79 Å². The first-order valence-electron chi connectivity index (χ1n) is 10.8. The van der Waals surface area contributed by atoms with Gasteiger partial charge in [0.2, 0.25) is 5.95 Å². The van der Waals surface area contributed by atoms with Crippen molar-refractivity contribution in [3.05, 3.63) is 53.2 Å². The Bertz CT molecular complexity index is 1100. The number of amides is 1. The summed E-state index contributed by atoms with van der Waals surface area (Å²) >= 11 is 5.86. The van der Waals surface area contributed by atoms with Crippen molar-refractivity contribution in [1.82, 2.24) is 14.9 Å². The van der Waals surface area contributed by atoms with E-state index in [0.717, 1.165) is 48.5 Å². The molecule has 168 valence electrons. The number of benzene rings is 2. The number of carbonyl (C=O) groups is 1. The average molecular weight is 454 g/mol. The van der Waals surface area contributed by atoms with E-state index in [4.69, 9.17) is 26.3 Å². The lowest BCUT2D eigenvalue weighted by Gasteiger charge is -2.35. The Morgan fingerprint density at radius 2 is 1.88 bits per heavy atom. The summed E-state index contributed by atoms with van der Waals surface area (Å²) < 4.78 is 5.51. The maximum atomic E-state index is 12.3. The highest BCUT2D eigenvalue weighted by Crippen LogP contribution is 2.25. The van der Waals surface area contributed by atoms with Gasteiger partial charge >= 0.3 is 0 Å². The van der Waals surface area contributed by atoms with Crippen molar-refractivity contribution in [2.45, 2.75) is 25.8 Å². The van der Waals surface area contributed by atoms with Gasteiger partial charge in [-0.15, -0.1) is 0 Å². The molecule has 1 saturated heterocycles. The number of nitrogens with zero attached hydrogens (tertiary/aromatic N) is 4. The van der Waals surface area contributed by atoms with Crippen molar-refractivity contribution in [3.63, 3.8) is 0 Å². The Morgan fingerprint density at radius 1 is 1.16 bits per heavy atom. The molecule has 1 N–H and O–H groups in total. The number of carbonyl (C=O) groups excluding carboxylic acids is 1. The molecule has 2 heterocycles. The topological polar surface area (TPSA) is 70.6 Å². The number of aryl methyl sites for hydroxylation is 1. The molecular weight excluding hydrogens is 426 g/mol. The zero-order valence-electron chi connectivity index (χ0n) is 18.6. The molecule has 0 saturated carbocycles. The molecule has 2 aromatic carbocycles. The van der Waals surface area contributed by atoms with Gasteiger partial charge < -0.3 is 19.9 Å². The lowest BCUT2D eigenvalue weighted by Crippen LogP contribution is -2.42. The average Bonchev–Trinajstić information content (AvgIpc) is 2.79. The smallest absolute Gasteiger partial charge is 0.262 e. The number of hydrogen-bond acceptors (Lipinski definition) is 6. The first-order chi connectivity index (χ1) is 15.4. The minimum Gasteiger partial charge on any atom is -0.484 e. The Hall–Kier alpha value is -2.90. The molecule has 1 amide bonds. The largest absolute Gasteiger partial charge is 0.484 e. The summed E-state index contributed by atoms with van der Waals surface area (Å²) in [6, 6.07) is 13.2. The van der Waals surface area contributed by atoms with E-state index in [0.29, 0.717) is 22.5 Å². The number of ether oxygens (including phenoxy) is 1. The van der Waals surface area contributed by atoms with E-state index in [1.807, 2.05) is 25.1 Å². The first-order valence-corrected chi connectivity index (χ1v) is 11.1. The molecule has 3 aromatic rings. The van der Waals surface area contributed by atoms with Gasteiger partial charge in [0.15, 0.2) is 6.61 Å². The molecule has 1 fully saturated rings. The molecule has 32 heavy (non-hydrogen) atoms. The molecule has 4 rings (SSSR count). The fraction of sp³-hybridized carbons (Fsp3) is 0.375. The lowest BCUT2D eigenvalue weighted by atomic mass is 10.0. The molecule has 0 bridgehead atoms. The van der Waals surface area contributed by atoms with Crippen LogP contribution in [0, 0.1) is 6.92 Å². The Balaban J connectivity index is 1.41. The maximum absolute atomic E-state index is 12.3. The number of halogens is 1. The van der Waals surface area contributed by atoms with Crippen LogP contribution in [0.1, 0.15) is 18.5 Å². The summed E-state index contributed by atoms with van der Waals surface area (Å²) in [5.74, 6) is 1.13. The summed E-state index contributed by atoms with van der Waals surface area (Å²) in [6.45, 7) is 3.80. The first kappa shape index (κ1) is 22.3. The third-order valence-corrected chi connectivity index (χ3v) is 6.07. The molecule has 0 aliphatic carbocycles. The number of hydrogen-bond donors (Lipinski definition) is 1. The minimum atomic E-state index is -0.238. The van der Waals surface area contributed by atoms with Crippen molar-refractivity contribution >= 4 is 40.0 Å². The number of fused-ring (bicyclic) bond motifs is 1. The van der Waals surface area contributed by atoms with E-state index >= 15 is 0 Å². The van der Waals surface area contributed by atoms with Gasteiger partial charge in [0.25, 0.3) is 5.91 Å². The number of piperidine rings is 1. The second-order valence-corrected chi connectivity index (χ2v) is 8.75. The van der Waals surface area contributed by atoms with Crippen molar-refractivity contribution in [3.8, 4) is 5.75 Å². The van der Waals surface area contributed by atoms with Crippen LogP contribution in [-0.2, 0) is 4.79 Å². The van der Waals surface area contributed by atoms with Crippen LogP contribution in [0.15, 0.2) is 42.5 Å². The highest BCUT2D eigenvalue weighted by molar-refractivity contribution is 6.30. The van der Waals surface area contributed by atoms with Crippen LogP contribution in [0.2, 0.25) is 5.02 Å². The van der Waals surface area contributed by atoms with Crippen LogP contribution in [0.25, 0.3) is 10.9 Å². The molecule has 0 unspecified atom stereocenters. The third kappa shape index (κ3) is 5.29. The van der Waals surface area contributed by atoms with Gasteiger partial charge in [-0.1, -0.05) is 11.6 Å². The molecule has 7 nitrogen and oxygen atoms in total. The van der Waals surface area contributed by atoms with Crippen molar-refractivity contribution in [1.29, 1.82) is 0 Å². The fourth-order valence-corrected chi connectivity index (χ4v) is 4.07. The summed E-state index contributed by atoms with van der Waals surface area (Å²) in [6.07, 6.45) is 2.22. The van der Waals surface area contributed by atoms with Crippen LogP contribution in [0.3, 0.4) is 0 Å². The highest BCUT2D eigenvalue weighted by atomic mass is 35.5. The SMILES string of the molecule is Cc1nc(N2CCC(N(C)C)CC2)nc2ccc(NC(=O)COc3ccc(Cl)cc3)cc12. The van der Waals surface area contributed by atoms with E-state index in [9.17, 15) is 4.79 Å². The van der Waals surface area contributed by atoms with E-state index in [1.165, 1.54) is 0 Å². The molecule has 1 aliphatic heterocycles. The highest BCUT2D eigenvalue weighted by Gasteiger charge is 2.22. The fourth-order valence-electron chi connectivity index (χ4n) is 3.94. The normalized spacial score (nSPS) is 14.7. The van der Waals surface area contributed by atoms with Gasteiger partial charge in [-0.2, -0.15) is 0 Å². The Morgan fingerprint density at radius 3 is 2.56 bits per heavy atom. The molecule has 0 atom stereocenters. The van der Waals surface area contributed by atoms with Crippen LogP contribution in [-0.4, -0.2) is 60.6 Å². The number of anilines is 2. The summed E-state index contributed by atoms with van der Waals surface area (Å²) in [7, 11) is 4.27. The van der Waals surface area contributed by atoms with Gasteiger partial charge in [-0.25, -0.2) is 9.97 Å². The van der Waals surface area contributed by atoms with Crippen LogP contribution >= 0.6 is 11.6 Å². The van der Waals surface area contributed by atoms with Crippen molar-refractivity contribution in [2.75, 3.05) is 44.0 Å². The standard InChI is InChI=1S/C24H28ClN5O2/c1-16-21-14-18(27-23(31)15-32-20-7-4-17(25)5-8-20)6-9-22(21)28-24(26-16)30-12-10-19(11-13-30)29(2)3/h4-9,14,19H,10-13,15H2,1-3H3,(H,27,31). The zero-order chi connectivity index (χ0) is 22.7. The van der Waals surface area contributed by atoms with Crippen molar-refractivity contribution in [2.24, 2.45) is 0 Å². The summed E-state index contributed by atoms with van der Waals surface area (Å²) in [5.41, 5.74) is 2.46. The van der Waals surface area contributed by atoms with Gasteiger partial charge in [0.1, 0.15) is 5.75 Å². The second kappa shape index (κ2) is 9.71. The Kier molecular flexibility index (Phi) is 6.77. The van der Waals surface area contributed by atoms with Crippen LogP contribution in [0.5, 0.6) is 5.75 Å². The van der Waals surface area contributed by atoms with Gasteiger partial charge in [-0.05, 0) is 76.3 Å².